The summed E-state index contributed by atoms with van der Waals surface area (Å²) in [6, 6.07) is 17.0. The number of amides is 2. The van der Waals surface area contributed by atoms with Gasteiger partial charge in [-0.25, -0.2) is 0 Å². The van der Waals surface area contributed by atoms with E-state index in [1.807, 2.05) is 75.4 Å². The number of rotatable bonds is 9. The Labute approximate surface area is 186 Å². The average Bonchev–Trinajstić information content (AvgIpc) is 2.71. The zero-order valence-corrected chi connectivity index (χ0v) is 19.6. The predicted molar refractivity (Wildman–Crippen MR) is 125 cm³/mol. The Bertz CT molecular complexity index is 856. The van der Waals surface area contributed by atoms with Gasteiger partial charge >= 0.3 is 0 Å². The number of ether oxygens (including phenoxy) is 1. The highest BCUT2D eigenvalue weighted by Gasteiger charge is 2.29. The van der Waals surface area contributed by atoms with Crippen molar-refractivity contribution in [3.05, 3.63) is 65.7 Å². The van der Waals surface area contributed by atoms with Crippen LogP contribution in [0.5, 0.6) is 5.75 Å². The molecule has 0 spiro atoms. The van der Waals surface area contributed by atoms with Crippen molar-refractivity contribution >= 4 is 11.8 Å². The van der Waals surface area contributed by atoms with Crippen LogP contribution in [0, 0.1) is 0 Å². The average molecular weight is 425 g/mol. The van der Waals surface area contributed by atoms with Crippen LogP contribution in [0.25, 0.3) is 0 Å². The van der Waals surface area contributed by atoms with Crippen LogP contribution in [-0.4, -0.2) is 35.4 Å². The van der Waals surface area contributed by atoms with Gasteiger partial charge < -0.3 is 15.0 Å². The molecule has 5 heteroatoms. The fraction of sp³-hybridized carbons (Fsp3) is 0.462. The number of carbonyl (C=O) groups is 2. The molecule has 0 aliphatic rings. The number of para-hydroxylation sites is 1. The molecule has 5 nitrogen and oxygen atoms in total. The highest BCUT2D eigenvalue weighted by Crippen LogP contribution is 2.31. The van der Waals surface area contributed by atoms with Crippen LogP contribution in [0.2, 0.25) is 0 Å². The third kappa shape index (κ3) is 7.12. The maximum atomic E-state index is 13.3. The van der Waals surface area contributed by atoms with Gasteiger partial charge in [0.2, 0.25) is 5.91 Å². The molecule has 0 bridgehead atoms. The topological polar surface area (TPSA) is 58.6 Å². The van der Waals surface area contributed by atoms with Crippen molar-refractivity contribution in [2.45, 2.75) is 72.0 Å². The minimum Gasteiger partial charge on any atom is -0.483 e. The summed E-state index contributed by atoms with van der Waals surface area (Å²) in [5, 5.41) is 2.94. The summed E-state index contributed by atoms with van der Waals surface area (Å²) in [6.45, 7) is 12.3. The lowest BCUT2D eigenvalue weighted by Crippen LogP contribution is -2.51. The van der Waals surface area contributed by atoms with Crippen molar-refractivity contribution in [1.82, 2.24) is 10.2 Å². The first-order valence-electron chi connectivity index (χ1n) is 11.0. The smallest absolute Gasteiger partial charge is 0.261 e. The normalized spacial score (nSPS) is 12.4. The summed E-state index contributed by atoms with van der Waals surface area (Å²) in [5.74, 6) is 0.345. The molecular formula is C26H36N2O3. The van der Waals surface area contributed by atoms with Gasteiger partial charge in [-0.3, -0.25) is 9.59 Å². The number of hydrogen-bond donors (Lipinski definition) is 1. The molecule has 1 N–H and O–H groups in total. The zero-order valence-electron chi connectivity index (χ0n) is 19.6. The molecule has 0 aliphatic heterocycles. The van der Waals surface area contributed by atoms with Crippen molar-refractivity contribution in [3.63, 3.8) is 0 Å². The molecular weight excluding hydrogens is 388 g/mol. The number of hydrogen-bond acceptors (Lipinski definition) is 3. The standard InChI is InChI=1S/C26H36N2O3/c1-7-22(25(30)27-19(2)3)28(17-20-13-9-8-10-14-20)24(29)18-31-23-16-12-11-15-21(23)26(4,5)6/h8-16,19,22H,7,17-18H2,1-6H3,(H,27,30)/t22-/m1/s1. The molecule has 0 aliphatic carbocycles. The lowest BCUT2D eigenvalue weighted by Gasteiger charge is -2.31. The van der Waals surface area contributed by atoms with E-state index in [-0.39, 0.29) is 29.9 Å². The van der Waals surface area contributed by atoms with Gasteiger partial charge in [0.25, 0.3) is 5.91 Å². The molecule has 0 unspecified atom stereocenters. The van der Waals surface area contributed by atoms with Crippen LogP contribution in [0.15, 0.2) is 54.6 Å². The largest absolute Gasteiger partial charge is 0.483 e. The third-order valence-corrected chi connectivity index (χ3v) is 5.06. The van der Waals surface area contributed by atoms with Gasteiger partial charge in [-0.2, -0.15) is 0 Å². The molecule has 2 rings (SSSR count). The number of carbonyl (C=O) groups excluding carboxylic acids is 2. The second-order valence-corrected chi connectivity index (χ2v) is 9.13. The fourth-order valence-electron chi connectivity index (χ4n) is 3.51. The first kappa shape index (κ1) is 24.4. The highest BCUT2D eigenvalue weighted by molar-refractivity contribution is 5.88. The van der Waals surface area contributed by atoms with E-state index in [2.05, 4.69) is 26.1 Å². The van der Waals surface area contributed by atoms with Crippen molar-refractivity contribution in [2.75, 3.05) is 6.61 Å². The van der Waals surface area contributed by atoms with E-state index in [1.165, 1.54) is 0 Å². The maximum Gasteiger partial charge on any atom is 0.261 e. The lowest BCUT2D eigenvalue weighted by atomic mass is 9.86. The second kappa shape index (κ2) is 11.0. The van der Waals surface area contributed by atoms with Crippen LogP contribution < -0.4 is 10.1 Å². The van der Waals surface area contributed by atoms with Crippen LogP contribution in [-0.2, 0) is 21.5 Å². The van der Waals surface area contributed by atoms with E-state index in [0.717, 1.165) is 11.1 Å². The minimum absolute atomic E-state index is 0.00476. The SMILES string of the molecule is CC[C@H](C(=O)NC(C)C)N(Cc1ccccc1)C(=O)COc1ccccc1C(C)(C)C. The molecule has 2 amide bonds. The quantitative estimate of drug-likeness (QED) is 0.635. The third-order valence-electron chi connectivity index (χ3n) is 5.06. The Balaban J connectivity index is 2.25. The van der Waals surface area contributed by atoms with Gasteiger partial charge in [0.1, 0.15) is 11.8 Å². The first-order chi connectivity index (χ1) is 14.6. The molecule has 1 atom stereocenters. The van der Waals surface area contributed by atoms with Crippen LogP contribution in [0.3, 0.4) is 0 Å². The summed E-state index contributed by atoms with van der Waals surface area (Å²) in [6.07, 6.45) is 0.524. The Morgan fingerprint density at radius 1 is 1.00 bits per heavy atom. The number of benzene rings is 2. The molecule has 0 saturated heterocycles. The van der Waals surface area contributed by atoms with Crippen molar-refractivity contribution < 1.29 is 14.3 Å². The predicted octanol–water partition coefficient (Wildman–Crippen LogP) is 4.69. The highest BCUT2D eigenvalue weighted by atomic mass is 16.5. The van der Waals surface area contributed by atoms with Gasteiger partial charge in [-0.1, -0.05) is 76.2 Å². The monoisotopic (exact) mass is 424 g/mol. The van der Waals surface area contributed by atoms with Crippen molar-refractivity contribution in [2.24, 2.45) is 0 Å². The summed E-state index contributed by atoms with van der Waals surface area (Å²) in [4.78, 5) is 27.8. The Kier molecular flexibility index (Phi) is 8.66. The van der Waals surface area contributed by atoms with Crippen LogP contribution >= 0.6 is 0 Å². The maximum absolute atomic E-state index is 13.3. The first-order valence-corrected chi connectivity index (χ1v) is 11.0. The molecule has 2 aromatic carbocycles. The molecule has 0 heterocycles. The van der Waals surface area contributed by atoms with E-state index >= 15 is 0 Å². The molecule has 0 fully saturated rings. The van der Waals surface area contributed by atoms with Crippen LogP contribution in [0.4, 0.5) is 0 Å². The van der Waals surface area contributed by atoms with Gasteiger partial charge in [0.15, 0.2) is 6.61 Å². The Morgan fingerprint density at radius 2 is 1.61 bits per heavy atom. The van der Waals surface area contributed by atoms with Crippen molar-refractivity contribution in [1.29, 1.82) is 0 Å². The van der Waals surface area contributed by atoms with Crippen LogP contribution in [0.1, 0.15) is 59.1 Å². The number of nitrogens with zero attached hydrogens (tertiary/aromatic N) is 1. The fourth-order valence-corrected chi connectivity index (χ4v) is 3.51. The molecule has 168 valence electrons. The Morgan fingerprint density at radius 3 is 2.19 bits per heavy atom. The zero-order chi connectivity index (χ0) is 23.0. The molecule has 31 heavy (non-hydrogen) atoms. The van der Waals surface area contributed by atoms with Crippen molar-refractivity contribution in [3.8, 4) is 5.75 Å². The second-order valence-electron chi connectivity index (χ2n) is 9.13. The number of nitrogens with one attached hydrogen (secondary N) is 1. The van der Waals surface area contributed by atoms with E-state index in [0.29, 0.717) is 18.7 Å². The van der Waals surface area contributed by atoms with E-state index in [4.69, 9.17) is 4.74 Å². The summed E-state index contributed by atoms with van der Waals surface area (Å²) < 4.78 is 5.98. The van der Waals surface area contributed by atoms with E-state index < -0.39 is 6.04 Å². The molecule has 2 aromatic rings. The minimum atomic E-state index is -0.559. The summed E-state index contributed by atoms with van der Waals surface area (Å²) in [5.41, 5.74) is 1.91. The molecule has 0 radical (unpaired) electrons. The Hall–Kier alpha value is -2.82. The van der Waals surface area contributed by atoms with Gasteiger partial charge in [-0.15, -0.1) is 0 Å². The van der Waals surface area contributed by atoms with E-state index in [9.17, 15) is 9.59 Å². The molecule has 0 aromatic heterocycles. The van der Waals surface area contributed by atoms with Gasteiger partial charge in [0.05, 0.1) is 0 Å². The van der Waals surface area contributed by atoms with Gasteiger partial charge in [0, 0.05) is 12.6 Å². The van der Waals surface area contributed by atoms with Gasteiger partial charge in [-0.05, 0) is 42.9 Å². The lowest BCUT2D eigenvalue weighted by molar-refractivity contribution is -0.143. The molecule has 0 saturated carbocycles. The summed E-state index contributed by atoms with van der Waals surface area (Å²) in [7, 11) is 0. The van der Waals surface area contributed by atoms with E-state index in [1.54, 1.807) is 4.90 Å². The summed E-state index contributed by atoms with van der Waals surface area (Å²) >= 11 is 0.